The third-order valence-corrected chi connectivity index (χ3v) is 4.08. The van der Waals surface area contributed by atoms with Gasteiger partial charge in [-0.15, -0.1) is 0 Å². The summed E-state index contributed by atoms with van der Waals surface area (Å²) in [7, 11) is 0. The van der Waals surface area contributed by atoms with Gasteiger partial charge in [0.1, 0.15) is 18.2 Å². The highest BCUT2D eigenvalue weighted by Crippen LogP contribution is 2.29. The van der Waals surface area contributed by atoms with E-state index in [-0.39, 0.29) is 12.1 Å². The van der Waals surface area contributed by atoms with Crippen molar-refractivity contribution in [3.8, 4) is 0 Å². The summed E-state index contributed by atoms with van der Waals surface area (Å²) in [5.41, 5.74) is 1.87. The minimum Gasteiger partial charge on any atom is -0.372 e. The molecule has 1 fully saturated rings. The SMILES string of the molecule is c1ccc([C@@H]2C[C@@H](Nc3nccc4ncncc34)CCO2)nc1. The number of rotatable bonds is 3. The number of aromatic nitrogens is 4. The average molecular weight is 307 g/mol. The Kier molecular flexibility index (Phi) is 3.81. The maximum Gasteiger partial charge on any atom is 0.137 e. The van der Waals surface area contributed by atoms with Gasteiger partial charge in [-0.05, 0) is 31.0 Å². The van der Waals surface area contributed by atoms with Crippen molar-refractivity contribution in [2.24, 2.45) is 0 Å². The zero-order chi connectivity index (χ0) is 15.5. The van der Waals surface area contributed by atoms with Crippen LogP contribution in [-0.2, 0) is 4.74 Å². The van der Waals surface area contributed by atoms with E-state index in [1.54, 1.807) is 24.9 Å². The number of nitrogens with zero attached hydrogens (tertiary/aromatic N) is 4. The van der Waals surface area contributed by atoms with Gasteiger partial charge in [-0.2, -0.15) is 0 Å². The quantitative estimate of drug-likeness (QED) is 0.802. The van der Waals surface area contributed by atoms with Crippen molar-refractivity contribution in [3.05, 3.63) is 54.9 Å². The molecule has 2 atom stereocenters. The van der Waals surface area contributed by atoms with Crippen LogP contribution >= 0.6 is 0 Å². The summed E-state index contributed by atoms with van der Waals surface area (Å²) in [5, 5.41) is 4.47. The molecule has 1 aliphatic heterocycles. The molecule has 0 radical (unpaired) electrons. The van der Waals surface area contributed by atoms with Crippen LogP contribution in [-0.4, -0.2) is 32.6 Å². The molecular weight excluding hydrogens is 290 g/mol. The van der Waals surface area contributed by atoms with Crippen molar-refractivity contribution in [2.45, 2.75) is 25.0 Å². The number of nitrogens with one attached hydrogen (secondary N) is 1. The normalized spacial score (nSPS) is 21.2. The zero-order valence-electron chi connectivity index (χ0n) is 12.6. The number of hydrogen-bond acceptors (Lipinski definition) is 6. The predicted molar refractivity (Wildman–Crippen MR) is 86.9 cm³/mol. The van der Waals surface area contributed by atoms with Crippen LogP contribution in [0.1, 0.15) is 24.6 Å². The van der Waals surface area contributed by atoms with Crippen molar-refractivity contribution < 1.29 is 4.74 Å². The first-order chi connectivity index (χ1) is 11.4. The first-order valence-corrected chi connectivity index (χ1v) is 7.74. The fourth-order valence-corrected chi connectivity index (χ4v) is 2.92. The van der Waals surface area contributed by atoms with E-state index in [1.807, 2.05) is 24.3 Å². The second kappa shape index (κ2) is 6.26. The molecular formula is C17H17N5O. The maximum atomic E-state index is 5.87. The lowest BCUT2D eigenvalue weighted by molar-refractivity contribution is 0.00718. The fraction of sp³-hybridized carbons (Fsp3) is 0.294. The molecule has 0 aliphatic carbocycles. The highest BCUT2D eigenvalue weighted by atomic mass is 16.5. The minimum absolute atomic E-state index is 0.0219. The minimum atomic E-state index is 0.0219. The molecule has 0 aromatic carbocycles. The van der Waals surface area contributed by atoms with Gasteiger partial charge in [0.05, 0.1) is 16.6 Å². The Morgan fingerprint density at radius 2 is 2.09 bits per heavy atom. The molecule has 3 aromatic heterocycles. The molecule has 4 heterocycles. The summed E-state index contributed by atoms with van der Waals surface area (Å²) < 4.78 is 5.87. The number of pyridine rings is 2. The fourth-order valence-electron chi connectivity index (χ4n) is 2.92. The highest BCUT2D eigenvalue weighted by molar-refractivity contribution is 5.88. The van der Waals surface area contributed by atoms with E-state index in [0.717, 1.165) is 35.3 Å². The van der Waals surface area contributed by atoms with E-state index < -0.39 is 0 Å². The average Bonchev–Trinajstić information content (AvgIpc) is 2.63. The molecule has 0 saturated carbocycles. The van der Waals surface area contributed by atoms with Gasteiger partial charge in [-0.25, -0.2) is 15.0 Å². The summed E-state index contributed by atoms with van der Waals surface area (Å²) >= 11 is 0. The van der Waals surface area contributed by atoms with Crippen LogP contribution in [0.25, 0.3) is 10.9 Å². The summed E-state index contributed by atoms with van der Waals surface area (Å²) in [6.07, 6.45) is 8.75. The van der Waals surface area contributed by atoms with Gasteiger partial charge in [0.15, 0.2) is 0 Å². The Bertz CT molecular complexity index is 790. The predicted octanol–water partition coefficient (Wildman–Crippen LogP) is 2.75. The summed E-state index contributed by atoms with van der Waals surface area (Å²) in [4.78, 5) is 17.2. The molecule has 6 heteroatoms. The van der Waals surface area contributed by atoms with Crippen molar-refractivity contribution in [2.75, 3.05) is 11.9 Å². The van der Waals surface area contributed by atoms with E-state index in [9.17, 15) is 0 Å². The topological polar surface area (TPSA) is 72.8 Å². The lowest BCUT2D eigenvalue weighted by Gasteiger charge is -2.30. The van der Waals surface area contributed by atoms with Crippen LogP contribution in [0.3, 0.4) is 0 Å². The Labute approximate surface area is 134 Å². The summed E-state index contributed by atoms with van der Waals surface area (Å²) in [5.74, 6) is 0.828. The highest BCUT2D eigenvalue weighted by Gasteiger charge is 2.25. The Morgan fingerprint density at radius 1 is 1.09 bits per heavy atom. The van der Waals surface area contributed by atoms with Crippen molar-refractivity contribution in [1.29, 1.82) is 0 Å². The van der Waals surface area contributed by atoms with Gasteiger partial charge in [0, 0.05) is 31.2 Å². The Hall–Kier alpha value is -2.60. The van der Waals surface area contributed by atoms with Crippen molar-refractivity contribution in [3.63, 3.8) is 0 Å². The first kappa shape index (κ1) is 14.0. The number of ether oxygens (including phenoxy) is 1. The van der Waals surface area contributed by atoms with Crippen LogP contribution < -0.4 is 5.32 Å². The van der Waals surface area contributed by atoms with Crippen LogP contribution in [0.15, 0.2) is 49.2 Å². The smallest absolute Gasteiger partial charge is 0.137 e. The maximum absolute atomic E-state index is 5.87. The molecule has 116 valence electrons. The molecule has 1 N–H and O–H groups in total. The molecule has 1 aliphatic rings. The Balaban J connectivity index is 1.54. The first-order valence-electron chi connectivity index (χ1n) is 7.74. The lowest BCUT2D eigenvalue weighted by Crippen LogP contribution is -2.30. The number of fused-ring (bicyclic) bond motifs is 1. The van der Waals surface area contributed by atoms with Crippen LogP contribution in [0.5, 0.6) is 0 Å². The van der Waals surface area contributed by atoms with E-state index in [4.69, 9.17) is 4.74 Å². The largest absolute Gasteiger partial charge is 0.372 e. The number of hydrogen-bond donors (Lipinski definition) is 1. The summed E-state index contributed by atoms with van der Waals surface area (Å²) in [6.45, 7) is 0.709. The van der Waals surface area contributed by atoms with E-state index in [1.165, 1.54) is 0 Å². The molecule has 0 unspecified atom stereocenters. The van der Waals surface area contributed by atoms with E-state index in [0.29, 0.717) is 6.61 Å². The van der Waals surface area contributed by atoms with Crippen molar-refractivity contribution >= 4 is 16.7 Å². The van der Waals surface area contributed by atoms with Crippen LogP contribution in [0.2, 0.25) is 0 Å². The number of anilines is 1. The zero-order valence-corrected chi connectivity index (χ0v) is 12.6. The van der Waals surface area contributed by atoms with Gasteiger partial charge in [-0.3, -0.25) is 4.98 Å². The monoisotopic (exact) mass is 307 g/mol. The summed E-state index contributed by atoms with van der Waals surface area (Å²) in [6, 6.07) is 8.10. The van der Waals surface area contributed by atoms with Crippen LogP contribution in [0.4, 0.5) is 5.82 Å². The van der Waals surface area contributed by atoms with Crippen LogP contribution in [0, 0.1) is 0 Å². The second-order valence-corrected chi connectivity index (χ2v) is 5.59. The third-order valence-electron chi connectivity index (χ3n) is 4.08. The molecule has 1 saturated heterocycles. The molecule has 23 heavy (non-hydrogen) atoms. The second-order valence-electron chi connectivity index (χ2n) is 5.59. The third kappa shape index (κ3) is 2.98. The molecule has 3 aromatic rings. The van der Waals surface area contributed by atoms with Gasteiger partial charge < -0.3 is 10.1 Å². The van der Waals surface area contributed by atoms with Gasteiger partial charge >= 0.3 is 0 Å². The van der Waals surface area contributed by atoms with E-state index >= 15 is 0 Å². The Morgan fingerprint density at radius 3 is 3.00 bits per heavy atom. The molecule has 0 amide bonds. The standard InChI is InChI=1S/C17H17N5O/c1-2-6-19-15(3-1)16-9-12(5-8-23-16)22-17-13-10-18-11-21-14(13)4-7-20-17/h1-4,6-7,10-12,16H,5,8-9H2,(H,20,22)/t12-,16-/m0/s1. The van der Waals surface area contributed by atoms with Gasteiger partial charge in [0.2, 0.25) is 0 Å². The molecule has 0 bridgehead atoms. The van der Waals surface area contributed by atoms with Gasteiger partial charge in [0.25, 0.3) is 0 Å². The van der Waals surface area contributed by atoms with E-state index in [2.05, 4.69) is 25.3 Å². The van der Waals surface area contributed by atoms with Crippen molar-refractivity contribution in [1.82, 2.24) is 19.9 Å². The molecule has 6 nitrogen and oxygen atoms in total. The van der Waals surface area contributed by atoms with Gasteiger partial charge in [-0.1, -0.05) is 6.07 Å². The molecule has 4 rings (SSSR count). The molecule has 0 spiro atoms. The lowest BCUT2D eigenvalue weighted by atomic mass is 10.0.